The number of hydrogen-bond acceptors (Lipinski definition) is 5. The van der Waals surface area contributed by atoms with Gasteiger partial charge in [-0.2, -0.15) is 0 Å². The molecule has 0 aliphatic carbocycles. The van der Waals surface area contributed by atoms with Crippen molar-refractivity contribution in [3.05, 3.63) is 64.3 Å². The number of para-hydroxylation sites is 1. The molecule has 1 aliphatic rings. The Morgan fingerprint density at radius 2 is 1.97 bits per heavy atom. The number of ether oxygens (including phenoxy) is 1. The number of nitrogens with two attached hydrogens (primary N) is 1. The Hall–Kier alpha value is -3.85. The van der Waals surface area contributed by atoms with Crippen LogP contribution in [0.1, 0.15) is 11.1 Å². The van der Waals surface area contributed by atoms with Gasteiger partial charge in [0.1, 0.15) is 18.0 Å². The Balaban J connectivity index is 1.68. The van der Waals surface area contributed by atoms with Crippen LogP contribution in [0.3, 0.4) is 0 Å². The Bertz CT molecular complexity index is 1100. The highest BCUT2D eigenvalue weighted by Crippen LogP contribution is 2.27. The lowest BCUT2D eigenvalue weighted by atomic mass is 10.2. The molecule has 3 rings (SSSR count). The summed E-state index contributed by atoms with van der Waals surface area (Å²) in [5.74, 6) is -1.54. The van der Waals surface area contributed by atoms with Crippen LogP contribution in [0.15, 0.2) is 48.2 Å². The summed E-state index contributed by atoms with van der Waals surface area (Å²) in [4.78, 5) is 48.7. The van der Waals surface area contributed by atoms with Crippen molar-refractivity contribution in [1.29, 1.82) is 0 Å². The fraction of sp³-hybridized carbons (Fsp3) is 0.143. The number of carbonyl (C=O) groups is 4. The summed E-state index contributed by atoms with van der Waals surface area (Å²) < 4.78 is 5.16. The van der Waals surface area contributed by atoms with Crippen LogP contribution < -0.4 is 21.1 Å². The molecule has 0 unspecified atom stereocenters. The SMILES string of the molecule is Cc1ccccc1NC(=O)CN1C(=O)NC(=Cc2ccc(OCC(N)=O)c(Cl)c2)C1=O. The molecule has 1 heterocycles. The van der Waals surface area contributed by atoms with Crippen LogP contribution >= 0.6 is 11.6 Å². The van der Waals surface area contributed by atoms with E-state index in [1.165, 1.54) is 18.2 Å². The highest BCUT2D eigenvalue weighted by Gasteiger charge is 2.35. The van der Waals surface area contributed by atoms with E-state index < -0.39 is 30.3 Å². The lowest BCUT2D eigenvalue weighted by Crippen LogP contribution is -2.38. The maximum Gasteiger partial charge on any atom is 0.329 e. The Morgan fingerprint density at radius 1 is 1.23 bits per heavy atom. The quantitative estimate of drug-likeness (QED) is 0.446. The molecule has 160 valence electrons. The number of urea groups is 1. The maximum atomic E-state index is 12.6. The topological polar surface area (TPSA) is 131 Å². The zero-order valence-corrected chi connectivity index (χ0v) is 17.2. The van der Waals surface area contributed by atoms with E-state index in [2.05, 4.69) is 10.6 Å². The third kappa shape index (κ3) is 5.40. The minimum atomic E-state index is -0.705. The molecule has 0 saturated carbocycles. The predicted molar refractivity (Wildman–Crippen MR) is 114 cm³/mol. The number of nitrogens with zero attached hydrogens (tertiary/aromatic N) is 1. The predicted octanol–water partition coefficient (Wildman–Crippen LogP) is 2.04. The molecule has 4 N–H and O–H groups in total. The van der Waals surface area contributed by atoms with Gasteiger partial charge < -0.3 is 21.1 Å². The van der Waals surface area contributed by atoms with Gasteiger partial charge in [-0.05, 0) is 42.3 Å². The zero-order chi connectivity index (χ0) is 22.5. The van der Waals surface area contributed by atoms with Gasteiger partial charge in [0, 0.05) is 5.69 Å². The molecule has 1 saturated heterocycles. The van der Waals surface area contributed by atoms with E-state index in [0.717, 1.165) is 10.5 Å². The summed E-state index contributed by atoms with van der Waals surface area (Å²) >= 11 is 6.11. The summed E-state index contributed by atoms with van der Waals surface area (Å²) in [6, 6.07) is 11.1. The fourth-order valence-electron chi connectivity index (χ4n) is 2.80. The van der Waals surface area contributed by atoms with E-state index in [4.69, 9.17) is 22.1 Å². The molecule has 0 radical (unpaired) electrons. The van der Waals surface area contributed by atoms with Gasteiger partial charge >= 0.3 is 6.03 Å². The lowest BCUT2D eigenvalue weighted by molar-refractivity contribution is -0.127. The van der Waals surface area contributed by atoms with E-state index in [1.54, 1.807) is 18.2 Å². The number of imide groups is 1. The minimum Gasteiger partial charge on any atom is -0.482 e. The van der Waals surface area contributed by atoms with Crippen LogP contribution in [0.25, 0.3) is 6.08 Å². The second-order valence-electron chi connectivity index (χ2n) is 6.69. The Morgan fingerprint density at radius 3 is 2.65 bits per heavy atom. The standard InChI is InChI=1S/C21H19ClN4O5/c1-12-4-2-3-5-15(12)24-19(28)10-26-20(29)16(25-21(26)30)9-13-6-7-17(14(22)8-13)31-11-18(23)27/h2-9H,10-11H2,1H3,(H2,23,27)(H,24,28)(H,25,30). The molecule has 31 heavy (non-hydrogen) atoms. The molecule has 2 aromatic carbocycles. The molecular formula is C21H19ClN4O5. The van der Waals surface area contributed by atoms with Gasteiger partial charge in [0.05, 0.1) is 5.02 Å². The number of nitrogens with one attached hydrogen (secondary N) is 2. The molecule has 0 spiro atoms. The van der Waals surface area contributed by atoms with Gasteiger partial charge in [0.25, 0.3) is 11.8 Å². The number of carbonyl (C=O) groups excluding carboxylic acids is 4. The monoisotopic (exact) mass is 442 g/mol. The summed E-state index contributed by atoms with van der Waals surface area (Å²) in [5.41, 5.74) is 6.99. The van der Waals surface area contributed by atoms with Crippen LogP contribution in [0.2, 0.25) is 5.02 Å². The molecule has 1 fully saturated rings. The van der Waals surface area contributed by atoms with Crippen LogP contribution in [0, 0.1) is 6.92 Å². The average Bonchev–Trinajstić information content (AvgIpc) is 2.96. The summed E-state index contributed by atoms with van der Waals surface area (Å²) in [5, 5.41) is 5.32. The van der Waals surface area contributed by atoms with Crippen molar-refractivity contribution >= 4 is 47.1 Å². The van der Waals surface area contributed by atoms with Gasteiger partial charge in [0.2, 0.25) is 5.91 Å². The molecule has 0 bridgehead atoms. The van der Waals surface area contributed by atoms with Crippen molar-refractivity contribution in [2.75, 3.05) is 18.5 Å². The van der Waals surface area contributed by atoms with Crippen LogP contribution in [0.4, 0.5) is 10.5 Å². The number of amides is 5. The minimum absolute atomic E-state index is 0.00411. The van der Waals surface area contributed by atoms with Gasteiger partial charge in [-0.25, -0.2) is 9.69 Å². The van der Waals surface area contributed by atoms with E-state index in [1.807, 2.05) is 19.1 Å². The first-order valence-corrected chi connectivity index (χ1v) is 9.53. The van der Waals surface area contributed by atoms with E-state index in [9.17, 15) is 19.2 Å². The van der Waals surface area contributed by atoms with Crippen molar-refractivity contribution in [2.24, 2.45) is 5.73 Å². The first-order valence-electron chi connectivity index (χ1n) is 9.15. The number of benzene rings is 2. The lowest BCUT2D eigenvalue weighted by Gasteiger charge is -2.13. The molecule has 5 amide bonds. The first kappa shape index (κ1) is 21.8. The smallest absolute Gasteiger partial charge is 0.329 e. The van der Waals surface area contributed by atoms with Crippen LogP contribution in [-0.4, -0.2) is 41.8 Å². The summed E-state index contributed by atoms with van der Waals surface area (Å²) in [6.45, 7) is 1.07. The van der Waals surface area contributed by atoms with Gasteiger partial charge in [0.15, 0.2) is 6.61 Å². The molecule has 0 aromatic heterocycles. The Kier molecular flexibility index (Phi) is 6.56. The highest BCUT2D eigenvalue weighted by molar-refractivity contribution is 6.32. The summed E-state index contributed by atoms with van der Waals surface area (Å²) in [7, 11) is 0. The van der Waals surface area contributed by atoms with Gasteiger partial charge in [-0.15, -0.1) is 0 Å². The number of rotatable bonds is 7. The summed E-state index contributed by atoms with van der Waals surface area (Å²) in [6.07, 6.45) is 1.42. The third-order valence-electron chi connectivity index (χ3n) is 4.32. The fourth-order valence-corrected chi connectivity index (χ4v) is 3.04. The van der Waals surface area contributed by atoms with Gasteiger partial charge in [-0.1, -0.05) is 35.9 Å². The number of primary amides is 1. The van der Waals surface area contributed by atoms with E-state index in [-0.39, 0.29) is 23.1 Å². The number of anilines is 1. The number of halogens is 1. The molecule has 9 nitrogen and oxygen atoms in total. The first-order chi connectivity index (χ1) is 14.7. The van der Waals surface area contributed by atoms with Crippen molar-refractivity contribution in [2.45, 2.75) is 6.92 Å². The largest absolute Gasteiger partial charge is 0.482 e. The van der Waals surface area contributed by atoms with Crippen molar-refractivity contribution in [1.82, 2.24) is 10.2 Å². The average molecular weight is 443 g/mol. The van der Waals surface area contributed by atoms with Gasteiger partial charge in [-0.3, -0.25) is 14.4 Å². The molecular weight excluding hydrogens is 424 g/mol. The van der Waals surface area contributed by atoms with Crippen LogP contribution in [0.5, 0.6) is 5.75 Å². The molecule has 0 atom stereocenters. The zero-order valence-electron chi connectivity index (χ0n) is 16.5. The van der Waals surface area contributed by atoms with E-state index in [0.29, 0.717) is 11.3 Å². The maximum absolute atomic E-state index is 12.6. The molecule has 10 heteroatoms. The van der Waals surface area contributed by atoms with Crippen molar-refractivity contribution in [3.63, 3.8) is 0 Å². The Labute approximate surface area is 182 Å². The van der Waals surface area contributed by atoms with Crippen molar-refractivity contribution < 1.29 is 23.9 Å². The van der Waals surface area contributed by atoms with E-state index >= 15 is 0 Å². The molecule has 1 aliphatic heterocycles. The number of aryl methyl sites for hydroxylation is 1. The second kappa shape index (κ2) is 9.31. The normalized spacial score (nSPS) is 14.5. The second-order valence-corrected chi connectivity index (χ2v) is 7.09. The third-order valence-corrected chi connectivity index (χ3v) is 4.62. The van der Waals surface area contributed by atoms with Crippen molar-refractivity contribution in [3.8, 4) is 5.75 Å². The highest BCUT2D eigenvalue weighted by atomic mass is 35.5. The van der Waals surface area contributed by atoms with Crippen LogP contribution in [-0.2, 0) is 14.4 Å². The molecule has 2 aromatic rings. The number of hydrogen-bond donors (Lipinski definition) is 3.